The van der Waals surface area contributed by atoms with Crippen LogP contribution in [0.2, 0.25) is 0 Å². The third kappa shape index (κ3) is 5.36. The van der Waals surface area contributed by atoms with E-state index in [4.69, 9.17) is 9.47 Å². The molecule has 0 aliphatic heterocycles. The summed E-state index contributed by atoms with van der Waals surface area (Å²) in [6.45, 7) is 2.35. The molecule has 0 aromatic heterocycles. The maximum Gasteiger partial charge on any atom is 0.279 e. The van der Waals surface area contributed by atoms with Crippen molar-refractivity contribution in [2.24, 2.45) is 0 Å². The van der Waals surface area contributed by atoms with Crippen LogP contribution in [0.1, 0.15) is 22.7 Å². The smallest absolute Gasteiger partial charge is 0.279 e. The highest BCUT2D eigenvalue weighted by atomic mass is 16.5. The van der Waals surface area contributed by atoms with Crippen molar-refractivity contribution in [3.05, 3.63) is 89.5 Å². The predicted octanol–water partition coefficient (Wildman–Crippen LogP) is 3.30. The molecule has 0 fully saturated rings. The second kappa shape index (κ2) is 9.75. The Morgan fingerprint density at radius 2 is 1.62 bits per heavy atom. The minimum Gasteiger partial charge on any atom is -0.497 e. The first-order valence-electron chi connectivity index (χ1n) is 9.57. The van der Waals surface area contributed by atoms with Crippen LogP contribution >= 0.6 is 0 Å². The maximum atomic E-state index is 12.6. The summed E-state index contributed by atoms with van der Waals surface area (Å²) >= 11 is 0. The number of nitrogens with one attached hydrogen (secondary N) is 1. The van der Waals surface area contributed by atoms with Crippen LogP contribution in [0.4, 0.5) is 5.69 Å². The molecule has 0 heterocycles. The fourth-order valence-corrected chi connectivity index (χ4v) is 3.23. The van der Waals surface area contributed by atoms with Gasteiger partial charge in [0.25, 0.3) is 5.91 Å². The van der Waals surface area contributed by atoms with Crippen molar-refractivity contribution < 1.29 is 19.6 Å². The van der Waals surface area contributed by atoms with E-state index < -0.39 is 0 Å². The lowest BCUT2D eigenvalue weighted by molar-refractivity contribution is -0.676. The number of carbonyl (C=O) groups is 1. The standard InChI is InChI=1S/C24H26N2O3/c1-17-9-11-19(12-10-17)24(18-7-5-4-6-8-18)25-16-23(27)26-21-14-13-20(28-2)15-22(21)29-3/h4-15,24-25H,16H2,1-3H3,(H,26,27)/p+1/t24-/m0/s1. The zero-order valence-corrected chi connectivity index (χ0v) is 17.0. The van der Waals surface area contributed by atoms with Gasteiger partial charge in [0.15, 0.2) is 6.54 Å². The first kappa shape index (κ1) is 20.4. The molecule has 0 radical (unpaired) electrons. The Balaban J connectivity index is 1.72. The molecule has 0 bridgehead atoms. The molecule has 3 aromatic carbocycles. The number of ether oxygens (including phenoxy) is 2. The summed E-state index contributed by atoms with van der Waals surface area (Å²) in [5, 5.41) is 4.98. The van der Waals surface area contributed by atoms with E-state index in [2.05, 4.69) is 48.6 Å². The molecule has 1 amide bonds. The van der Waals surface area contributed by atoms with E-state index in [1.165, 1.54) is 5.56 Å². The van der Waals surface area contributed by atoms with Gasteiger partial charge in [0, 0.05) is 17.2 Å². The summed E-state index contributed by atoms with van der Waals surface area (Å²) in [5.74, 6) is 1.15. The number of methoxy groups -OCH3 is 2. The van der Waals surface area contributed by atoms with Gasteiger partial charge in [-0.3, -0.25) is 4.79 Å². The monoisotopic (exact) mass is 391 g/mol. The number of nitrogens with two attached hydrogens (primary N) is 1. The van der Waals surface area contributed by atoms with Crippen LogP contribution in [-0.2, 0) is 4.79 Å². The second-order valence-corrected chi connectivity index (χ2v) is 6.85. The highest BCUT2D eigenvalue weighted by Crippen LogP contribution is 2.28. The van der Waals surface area contributed by atoms with Gasteiger partial charge in [0.05, 0.1) is 19.9 Å². The van der Waals surface area contributed by atoms with Crippen LogP contribution in [0.15, 0.2) is 72.8 Å². The summed E-state index contributed by atoms with van der Waals surface area (Å²) in [5.41, 5.74) is 4.16. The Labute approximate surface area is 171 Å². The lowest BCUT2D eigenvalue weighted by Gasteiger charge is -2.17. The van der Waals surface area contributed by atoms with Gasteiger partial charge in [-0.05, 0) is 19.1 Å². The Hall–Kier alpha value is -3.31. The quantitative estimate of drug-likeness (QED) is 0.619. The number of benzene rings is 3. The van der Waals surface area contributed by atoms with Gasteiger partial charge in [0.2, 0.25) is 0 Å². The van der Waals surface area contributed by atoms with Crippen molar-refractivity contribution in [2.45, 2.75) is 13.0 Å². The minimum atomic E-state index is -0.0958. The SMILES string of the molecule is COc1ccc(NC(=O)C[NH2+][C@@H](c2ccccc2)c2ccc(C)cc2)c(OC)c1. The van der Waals surface area contributed by atoms with Crippen LogP contribution in [0, 0.1) is 6.92 Å². The molecule has 0 aliphatic rings. The highest BCUT2D eigenvalue weighted by Gasteiger charge is 2.19. The van der Waals surface area contributed by atoms with Crippen LogP contribution < -0.4 is 20.1 Å². The van der Waals surface area contributed by atoms with Gasteiger partial charge in [-0.1, -0.05) is 60.2 Å². The topological polar surface area (TPSA) is 64.2 Å². The van der Waals surface area contributed by atoms with Crippen LogP contribution in [0.5, 0.6) is 11.5 Å². The maximum absolute atomic E-state index is 12.6. The third-order valence-electron chi connectivity index (χ3n) is 4.82. The molecule has 3 rings (SSSR count). The van der Waals surface area contributed by atoms with Crippen molar-refractivity contribution >= 4 is 11.6 Å². The number of hydrogen-bond acceptors (Lipinski definition) is 3. The van der Waals surface area contributed by atoms with E-state index >= 15 is 0 Å². The van der Waals surface area contributed by atoms with Crippen molar-refractivity contribution in [3.63, 3.8) is 0 Å². The van der Waals surface area contributed by atoms with Gasteiger partial charge in [-0.15, -0.1) is 0 Å². The van der Waals surface area contributed by atoms with Gasteiger partial charge in [-0.25, -0.2) is 0 Å². The average Bonchev–Trinajstić information content (AvgIpc) is 2.76. The van der Waals surface area contributed by atoms with Gasteiger partial charge in [0.1, 0.15) is 17.5 Å². The van der Waals surface area contributed by atoms with Gasteiger partial charge in [-0.2, -0.15) is 0 Å². The van der Waals surface area contributed by atoms with Crippen molar-refractivity contribution in [1.82, 2.24) is 0 Å². The summed E-state index contributed by atoms with van der Waals surface area (Å²) in [4.78, 5) is 12.6. The fraction of sp³-hybridized carbons (Fsp3) is 0.208. The van der Waals surface area contributed by atoms with Crippen LogP contribution in [0.3, 0.4) is 0 Å². The first-order valence-corrected chi connectivity index (χ1v) is 9.57. The number of carbonyl (C=O) groups excluding carboxylic acids is 1. The Morgan fingerprint density at radius 1 is 0.931 bits per heavy atom. The summed E-state index contributed by atoms with van der Waals surface area (Å²) in [6, 6.07) is 24.0. The molecular weight excluding hydrogens is 364 g/mol. The van der Waals surface area contributed by atoms with Crippen molar-refractivity contribution in [1.29, 1.82) is 0 Å². The minimum absolute atomic E-state index is 0.0420. The number of rotatable bonds is 8. The molecule has 0 unspecified atom stereocenters. The van der Waals surface area contributed by atoms with E-state index in [9.17, 15) is 4.79 Å². The Morgan fingerprint density at radius 3 is 2.28 bits per heavy atom. The second-order valence-electron chi connectivity index (χ2n) is 6.85. The zero-order chi connectivity index (χ0) is 20.6. The third-order valence-corrected chi connectivity index (χ3v) is 4.82. The van der Waals surface area contributed by atoms with Gasteiger partial charge < -0.3 is 20.1 Å². The molecular formula is C24H27N2O3+. The molecule has 150 valence electrons. The number of amides is 1. The lowest BCUT2D eigenvalue weighted by Crippen LogP contribution is -2.87. The summed E-state index contributed by atoms with van der Waals surface area (Å²) in [6.07, 6.45) is 0. The number of anilines is 1. The Bertz CT molecular complexity index is 940. The molecule has 29 heavy (non-hydrogen) atoms. The molecule has 3 N–H and O–H groups in total. The summed E-state index contributed by atoms with van der Waals surface area (Å²) < 4.78 is 10.6. The molecule has 1 atom stereocenters. The first-order chi connectivity index (χ1) is 14.1. The molecule has 5 heteroatoms. The molecule has 0 saturated heterocycles. The van der Waals surface area contributed by atoms with Gasteiger partial charge >= 0.3 is 0 Å². The number of aryl methyl sites for hydroxylation is 1. The highest BCUT2D eigenvalue weighted by molar-refractivity contribution is 5.93. The van der Waals surface area contributed by atoms with E-state index in [1.54, 1.807) is 32.4 Å². The molecule has 0 spiro atoms. The van der Waals surface area contributed by atoms with E-state index in [1.807, 2.05) is 23.5 Å². The number of quaternary nitrogens is 1. The number of hydrogen-bond donors (Lipinski definition) is 2. The molecule has 0 aliphatic carbocycles. The molecule has 3 aromatic rings. The Kier molecular flexibility index (Phi) is 6.87. The van der Waals surface area contributed by atoms with Crippen LogP contribution in [-0.4, -0.2) is 26.7 Å². The largest absolute Gasteiger partial charge is 0.497 e. The van der Waals surface area contributed by atoms with E-state index in [0.717, 1.165) is 11.1 Å². The van der Waals surface area contributed by atoms with Crippen molar-refractivity contribution in [2.75, 3.05) is 26.1 Å². The van der Waals surface area contributed by atoms with E-state index in [-0.39, 0.29) is 18.5 Å². The average molecular weight is 391 g/mol. The predicted molar refractivity (Wildman–Crippen MR) is 114 cm³/mol. The van der Waals surface area contributed by atoms with E-state index in [0.29, 0.717) is 17.2 Å². The van der Waals surface area contributed by atoms with Crippen molar-refractivity contribution in [3.8, 4) is 11.5 Å². The molecule has 5 nitrogen and oxygen atoms in total. The van der Waals surface area contributed by atoms with Crippen LogP contribution in [0.25, 0.3) is 0 Å². The molecule has 0 saturated carbocycles. The zero-order valence-electron chi connectivity index (χ0n) is 17.0. The fourth-order valence-electron chi connectivity index (χ4n) is 3.23. The lowest BCUT2D eigenvalue weighted by atomic mass is 9.98. The summed E-state index contributed by atoms with van der Waals surface area (Å²) in [7, 11) is 3.16. The normalized spacial score (nSPS) is 11.6.